The number of carbonyl (C=O) groups is 2. The zero-order valence-corrected chi connectivity index (χ0v) is 6.49. The molecule has 0 amide bonds. The van der Waals surface area contributed by atoms with Gasteiger partial charge in [-0.25, -0.2) is 9.59 Å². The number of rotatable bonds is 2. The highest BCUT2D eigenvalue weighted by Crippen LogP contribution is 1.80. The van der Waals surface area contributed by atoms with Gasteiger partial charge in [-0.15, -0.1) is 0 Å². The molecule has 0 aromatic heterocycles. The van der Waals surface area contributed by atoms with Crippen molar-refractivity contribution >= 4 is 11.9 Å². The zero-order chi connectivity index (χ0) is 9.40. The Balaban J connectivity index is 0.000000247. The summed E-state index contributed by atoms with van der Waals surface area (Å²) < 4.78 is 0. The van der Waals surface area contributed by atoms with Gasteiger partial charge in [0.25, 0.3) is 0 Å². The molecule has 12 heavy (non-hydrogen) atoms. The SMILES string of the molecule is C1CNC1.O=C(O)/C=C/C(=O)O. The van der Waals surface area contributed by atoms with Crippen LogP contribution in [-0.4, -0.2) is 35.2 Å². The van der Waals surface area contributed by atoms with Gasteiger partial charge in [0.1, 0.15) is 0 Å². The Hall–Kier alpha value is -1.36. The van der Waals surface area contributed by atoms with Crippen LogP contribution in [0.2, 0.25) is 0 Å². The van der Waals surface area contributed by atoms with E-state index in [1.54, 1.807) is 0 Å². The van der Waals surface area contributed by atoms with E-state index in [-0.39, 0.29) is 0 Å². The Bertz CT molecular complexity index is 164. The van der Waals surface area contributed by atoms with Crippen LogP contribution >= 0.6 is 0 Å². The van der Waals surface area contributed by atoms with Gasteiger partial charge in [0, 0.05) is 12.2 Å². The van der Waals surface area contributed by atoms with Crippen LogP contribution in [0.5, 0.6) is 0 Å². The fraction of sp³-hybridized carbons (Fsp3) is 0.429. The molecule has 0 aromatic rings. The van der Waals surface area contributed by atoms with Gasteiger partial charge < -0.3 is 15.5 Å². The summed E-state index contributed by atoms with van der Waals surface area (Å²) in [5, 5.41) is 18.7. The highest BCUT2D eigenvalue weighted by molar-refractivity contribution is 5.89. The Labute approximate surface area is 69.7 Å². The zero-order valence-electron chi connectivity index (χ0n) is 6.49. The normalized spacial score (nSPS) is 14.3. The van der Waals surface area contributed by atoms with Crippen molar-refractivity contribution in [1.29, 1.82) is 0 Å². The van der Waals surface area contributed by atoms with Crippen molar-refractivity contribution in [3.05, 3.63) is 12.2 Å². The van der Waals surface area contributed by atoms with Crippen LogP contribution in [0.3, 0.4) is 0 Å². The van der Waals surface area contributed by atoms with Crippen LogP contribution in [-0.2, 0) is 9.59 Å². The van der Waals surface area contributed by atoms with E-state index in [1.807, 2.05) is 0 Å². The average molecular weight is 173 g/mol. The van der Waals surface area contributed by atoms with Gasteiger partial charge in [-0.2, -0.15) is 0 Å². The molecule has 0 spiro atoms. The van der Waals surface area contributed by atoms with Crippen LogP contribution in [0.25, 0.3) is 0 Å². The first-order chi connectivity index (χ1) is 5.63. The molecule has 0 atom stereocenters. The van der Waals surface area contributed by atoms with E-state index in [4.69, 9.17) is 10.2 Å². The molecular weight excluding hydrogens is 162 g/mol. The molecule has 1 fully saturated rings. The van der Waals surface area contributed by atoms with Gasteiger partial charge >= 0.3 is 11.9 Å². The molecular formula is C7H11NO4. The molecule has 0 unspecified atom stereocenters. The predicted octanol–water partition coefficient (Wildman–Crippen LogP) is -0.309. The summed E-state index contributed by atoms with van der Waals surface area (Å²) >= 11 is 0. The van der Waals surface area contributed by atoms with Gasteiger partial charge in [0.05, 0.1) is 0 Å². The van der Waals surface area contributed by atoms with Crippen LogP contribution in [0.4, 0.5) is 0 Å². The summed E-state index contributed by atoms with van der Waals surface area (Å²) in [7, 11) is 0. The number of hydrogen-bond donors (Lipinski definition) is 3. The number of aliphatic carboxylic acids is 2. The molecule has 68 valence electrons. The molecule has 0 saturated carbocycles. The molecule has 3 N–H and O–H groups in total. The third kappa shape index (κ3) is 8.64. The fourth-order valence-corrected chi connectivity index (χ4v) is 0.319. The summed E-state index contributed by atoms with van der Waals surface area (Å²) in [6.07, 6.45) is 2.50. The first-order valence-electron chi connectivity index (χ1n) is 3.47. The van der Waals surface area contributed by atoms with E-state index >= 15 is 0 Å². The van der Waals surface area contributed by atoms with E-state index in [1.165, 1.54) is 19.5 Å². The van der Waals surface area contributed by atoms with Gasteiger partial charge in [0.2, 0.25) is 0 Å². The molecule has 1 heterocycles. The molecule has 1 aliphatic heterocycles. The largest absolute Gasteiger partial charge is 0.478 e. The fourth-order valence-electron chi connectivity index (χ4n) is 0.319. The van der Waals surface area contributed by atoms with Crippen molar-refractivity contribution in [2.75, 3.05) is 13.1 Å². The smallest absolute Gasteiger partial charge is 0.328 e. The molecule has 1 saturated heterocycles. The first kappa shape index (κ1) is 10.6. The minimum Gasteiger partial charge on any atom is -0.478 e. The van der Waals surface area contributed by atoms with E-state index in [9.17, 15) is 9.59 Å². The topological polar surface area (TPSA) is 86.6 Å². The molecule has 0 radical (unpaired) electrons. The number of carboxylic acid groups (broad SMARTS) is 2. The van der Waals surface area contributed by atoms with E-state index < -0.39 is 11.9 Å². The molecule has 0 aliphatic carbocycles. The minimum atomic E-state index is -1.26. The van der Waals surface area contributed by atoms with Crippen LogP contribution in [0.1, 0.15) is 6.42 Å². The van der Waals surface area contributed by atoms with Gasteiger partial charge in [-0.3, -0.25) is 0 Å². The lowest BCUT2D eigenvalue weighted by atomic mass is 10.3. The summed E-state index contributed by atoms with van der Waals surface area (Å²) in [5.74, 6) is -2.51. The highest BCUT2D eigenvalue weighted by Gasteiger charge is 1.92. The van der Waals surface area contributed by atoms with Crippen molar-refractivity contribution in [2.45, 2.75) is 6.42 Å². The van der Waals surface area contributed by atoms with Crippen LogP contribution in [0.15, 0.2) is 12.2 Å². The van der Waals surface area contributed by atoms with E-state index in [0.717, 1.165) is 0 Å². The van der Waals surface area contributed by atoms with Gasteiger partial charge in [-0.1, -0.05) is 0 Å². The van der Waals surface area contributed by atoms with Crippen molar-refractivity contribution in [3.63, 3.8) is 0 Å². The van der Waals surface area contributed by atoms with E-state index in [0.29, 0.717) is 12.2 Å². The summed E-state index contributed by atoms with van der Waals surface area (Å²) in [5.41, 5.74) is 0. The Kier molecular flexibility index (Phi) is 5.64. The summed E-state index contributed by atoms with van der Waals surface area (Å²) in [4.78, 5) is 19.1. The second-order valence-electron chi connectivity index (χ2n) is 2.11. The van der Waals surface area contributed by atoms with Gasteiger partial charge in [-0.05, 0) is 19.5 Å². The van der Waals surface area contributed by atoms with Crippen molar-refractivity contribution < 1.29 is 19.8 Å². The second kappa shape index (κ2) is 6.36. The van der Waals surface area contributed by atoms with E-state index in [2.05, 4.69) is 5.32 Å². The van der Waals surface area contributed by atoms with Crippen molar-refractivity contribution in [1.82, 2.24) is 5.32 Å². The lowest BCUT2D eigenvalue weighted by Crippen LogP contribution is -2.29. The molecule has 0 aromatic carbocycles. The summed E-state index contributed by atoms with van der Waals surface area (Å²) in [6, 6.07) is 0. The molecule has 1 aliphatic rings. The molecule has 0 bridgehead atoms. The summed E-state index contributed by atoms with van der Waals surface area (Å²) in [6.45, 7) is 2.50. The maximum atomic E-state index is 9.55. The molecule has 1 rings (SSSR count). The lowest BCUT2D eigenvalue weighted by Gasteiger charge is -2.09. The van der Waals surface area contributed by atoms with Gasteiger partial charge in [0.15, 0.2) is 0 Å². The quantitative estimate of drug-likeness (QED) is 0.499. The van der Waals surface area contributed by atoms with Crippen molar-refractivity contribution in [3.8, 4) is 0 Å². The van der Waals surface area contributed by atoms with Crippen molar-refractivity contribution in [2.24, 2.45) is 0 Å². The predicted molar refractivity (Wildman–Crippen MR) is 41.9 cm³/mol. The van der Waals surface area contributed by atoms with Crippen LogP contribution in [0, 0.1) is 0 Å². The standard InChI is InChI=1S/C4H4O4.C3H7N/c5-3(6)1-2-4(7)8;1-2-4-3-1/h1-2H,(H,5,6)(H,7,8);4H,1-3H2/b2-1+;. The number of nitrogens with one attached hydrogen (secondary N) is 1. The average Bonchev–Trinajstić information content (AvgIpc) is 1.79. The Morgan fingerprint density at radius 3 is 1.42 bits per heavy atom. The molecule has 5 heteroatoms. The highest BCUT2D eigenvalue weighted by atomic mass is 16.4. The third-order valence-corrected chi connectivity index (χ3v) is 1.08. The lowest BCUT2D eigenvalue weighted by molar-refractivity contribution is -0.134. The third-order valence-electron chi connectivity index (χ3n) is 1.08. The Morgan fingerprint density at radius 2 is 1.33 bits per heavy atom. The van der Waals surface area contributed by atoms with Crippen LogP contribution < -0.4 is 5.32 Å². The monoisotopic (exact) mass is 173 g/mol. The Morgan fingerprint density at radius 1 is 1.08 bits per heavy atom. The first-order valence-corrected chi connectivity index (χ1v) is 3.47. The minimum absolute atomic E-state index is 0.558. The second-order valence-corrected chi connectivity index (χ2v) is 2.11. The molecule has 5 nitrogen and oxygen atoms in total. The number of hydrogen-bond acceptors (Lipinski definition) is 3. The maximum absolute atomic E-state index is 9.55. The number of carboxylic acids is 2. The maximum Gasteiger partial charge on any atom is 0.328 e.